The summed E-state index contributed by atoms with van der Waals surface area (Å²) in [5, 5.41) is 3.50. The van der Waals surface area contributed by atoms with E-state index in [0.29, 0.717) is 11.3 Å². The molecule has 0 aliphatic rings. The van der Waals surface area contributed by atoms with E-state index >= 15 is 0 Å². The highest BCUT2D eigenvalue weighted by Crippen LogP contribution is 2.24. The molecule has 1 aromatic heterocycles. The molecule has 0 fully saturated rings. The lowest BCUT2D eigenvalue weighted by molar-refractivity contribution is 0.238. The van der Waals surface area contributed by atoms with Gasteiger partial charge in [-0.1, -0.05) is 27.7 Å². The largest absolute Gasteiger partial charge is 0.312 e. The van der Waals surface area contributed by atoms with Crippen molar-refractivity contribution in [2.75, 3.05) is 6.54 Å². The Kier molecular flexibility index (Phi) is 4.28. The standard InChI is InChI=1S/C13H22N2/c1-11(2)13(3,4)10-15-9-12-5-7-14-8-6-12/h5-8,11,15H,9-10H2,1-4H3. The number of pyridine rings is 1. The summed E-state index contributed by atoms with van der Waals surface area (Å²) in [6.07, 6.45) is 3.68. The molecule has 0 spiro atoms. The van der Waals surface area contributed by atoms with Crippen molar-refractivity contribution in [1.82, 2.24) is 10.3 Å². The van der Waals surface area contributed by atoms with Gasteiger partial charge in [0.15, 0.2) is 0 Å². The highest BCUT2D eigenvalue weighted by Gasteiger charge is 2.21. The normalized spacial score (nSPS) is 12.1. The highest BCUT2D eigenvalue weighted by molar-refractivity contribution is 5.09. The molecule has 15 heavy (non-hydrogen) atoms. The zero-order chi connectivity index (χ0) is 11.3. The molecule has 84 valence electrons. The number of nitrogens with one attached hydrogen (secondary N) is 1. The lowest BCUT2D eigenvalue weighted by atomic mass is 9.81. The van der Waals surface area contributed by atoms with Gasteiger partial charge in [-0.05, 0) is 29.0 Å². The summed E-state index contributed by atoms with van der Waals surface area (Å²) in [4.78, 5) is 4.00. The van der Waals surface area contributed by atoms with Gasteiger partial charge in [0, 0.05) is 25.5 Å². The minimum Gasteiger partial charge on any atom is -0.312 e. The molecule has 0 unspecified atom stereocenters. The Balaban J connectivity index is 2.34. The Morgan fingerprint density at radius 2 is 1.87 bits per heavy atom. The Morgan fingerprint density at radius 1 is 1.27 bits per heavy atom. The van der Waals surface area contributed by atoms with Crippen LogP contribution in [-0.4, -0.2) is 11.5 Å². The Bertz CT molecular complexity index is 278. The molecule has 0 saturated carbocycles. The average molecular weight is 206 g/mol. The molecule has 0 aliphatic heterocycles. The molecular weight excluding hydrogens is 184 g/mol. The first-order valence-electron chi connectivity index (χ1n) is 5.62. The number of aromatic nitrogens is 1. The summed E-state index contributed by atoms with van der Waals surface area (Å²) in [5.41, 5.74) is 1.65. The van der Waals surface area contributed by atoms with Gasteiger partial charge < -0.3 is 5.32 Å². The third-order valence-corrected chi connectivity index (χ3v) is 3.22. The number of rotatable bonds is 5. The maximum atomic E-state index is 4.00. The molecule has 1 rings (SSSR count). The van der Waals surface area contributed by atoms with Crippen LogP contribution in [0.3, 0.4) is 0 Å². The maximum Gasteiger partial charge on any atom is 0.0271 e. The number of nitrogens with zero attached hydrogens (tertiary/aromatic N) is 1. The van der Waals surface area contributed by atoms with Gasteiger partial charge in [0.05, 0.1) is 0 Å². The van der Waals surface area contributed by atoms with Crippen molar-refractivity contribution in [3.63, 3.8) is 0 Å². The number of hydrogen-bond acceptors (Lipinski definition) is 2. The van der Waals surface area contributed by atoms with Crippen LogP contribution in [0.25, 0.3) is 0 Å². The van der Waals surface area contributed by atoms with Crippen molar-refractivity contribution in [1.29, 1.82) is 0 Å². The zero-order valence-electron chi connectivity index (χ0n) is 10.2. The summed E-state index contributed by atoms with van der Waals surface area (Å²) in [6, 6.07) is 4.10. The van der Waals surface area contributed by atoms with Gasteiger partial charge in [-0.15, -0.1) is 0 Å². The molecule has 1 aromatic rings. The zero-order valence-corrected chi connectivity index (χ0v) is 10.2. The number of hydrogen-bond donors (Lipinski definition) is 1. The van der Waals surface area contributed by atoms with E-state index < -0.39 is 0 Å². The van der Waals surface area contributed by atoms with Crippen LogP contribution in [0.1, 0.15) is 33.3 Å². The van der Waals surface area contributed by atoms with E-state index in [4.69, 9.17) is 0 Å². The van der Waals surface area contributed by atoms with Gasteiger partial charge in [-0.3, -0.25) is 4.98 Å². The first kappa shape index (κ1) is 12.2. The minimum atomic E-state index is 0.354. The monoisotopic (exact) mass is 206 g/mol. The van der Waals surface area contributed by atoms with E-state index in [1.807, 2.05) is 12.4 Å². The molecule has 1 heterocycles. The van der Waals surface area contributed by atoms with Gasteiger partial charge >= 0.3 is 0 Å². The Labute approximate surface area is 93.1 Å². The van der Waals surface area contributed by atoms with Gasteiger partial charge in [-0.2, -0.15) is 0 Å². The molecule has 0 radical (unpaired) electrons. The molecule has 0 aromatic carbocycles. The summed E-state index contributed by atoms with van der Waals surface area (Å²) in [5.74, 6) is 0.697. The van der Waals surface area contributed by atoms with Gasteiger partial charge in [0.25, 0.3) is 0 Å². The average Bonchev–Trinajstić information content (AvgIpc) is 2.19. The van der Waals surface area contributed by atoms with Crippen LogP contribution in [-0.2, 0) is 6.54 Å². The van der Waals surface area contributed by atoms with Crippen molar-refractivity contribution in [3.8, 4) is 0 Å². The molecule has 2 heteroatoms. The second-order valence-corrected chi connectivity index (χ2v) is 5.10. The molecule has 1 N–H and O–H groups in total. The van der Waals surface area contributed by atoms with Crippen LogP contribution < -0.4 is 5.32 Å². The lowest BCUT2D eigenvalue weighted by Crippen LogP contribution is -2.33. The fourth-order valence-electron chi connectivity index (χ4n) is 1.23. The third kappa shape index (κ3) is 4.00. The fraction of sp³-hybridized carbons (Fsp3) is 0.615. The van der Waals surface area contributed by atoms with Crippen LogP contribution in [0.15, 0.2) is 24.5 Å². The van der Waals surface area contributed by atoms with Crippen molar-refractivity contribution in [3.05, 3.63) is 30.1 Å². The van der Waals surface area contributed by atoms with Crippen molar-refractivity contribution >= 4 is 0 Å². The second kappa shape index (κ2) is 5.26. The summed E-state index contributed by atoms with van der Waals surface area (Å²) in [7, 11) is 0. The van der Waals surface area contributed by atoms with E-state index in [2.05, 4.69) is 50.1 Å². The van der Waals surface area contributed by atoms with Gasteiger partial charge in [0.1, 0.15) is 0 Å². The van der Waals surface area contributed by atoms with E-state index in [1.54, 1.807) is 0 Å². The first-order valence-corrected chi connectivity index (χ1v) is 5.62. The third-order valence-electron chi connectivity index (χ3n) is 3.22. The van der Waals surface area contributed by atoms with Gasteiger partial charge in [0.2, 0.25) is 0 Å². The topological polar surface area (TPSA) is 24.9 Å². The van der Waals surface area contributed by atoms with Crippen LogP contribution >= 0.6 is 0 Å². The highest BCUT2D eigenvalue weighted by atomic mass is 14.9. The molecular formula is C13H22N2. The summed E-state index contributed by atoms with van der Waals surface area (Å²) >= 11 is 0. The van der Waals surface area contributed by atoms with Crippen molar-refractivity contribution in [2.45, 2.75) is 34.2 Å². The molecule has 0 aliphatic carbocycles. The van der Waals surface area contributed by atoms with Crippen molar-refractivity contribution in [2.24, 2.45) is 11.3 Å². The maximum absolute atomic E-state index is 4.00. The SMILES string of the molecule is CC(C)C(C)(C)CNCc1ccncc1. The molecule has 0 amide bonds. The van der Waals surface area contributed by atoms with Gasteiger partial charge in [-0.25, -0.2) is 0 Å². The molecule has 2 nitrogen and oxygen atoms in total. The fourth-order valence-corrected chi connectivity index (χ4v) is 1.23. The second-order valence-electron chi connectivity index (χ2n) is 5.10. The quantitative estimate of drug-likeness (QED) is 0.801. The van der Waals surface area contributed by atoms with Crippen LogP contribution in [0, 0.1) is 11.3 Å². The predicted molar refractivity (Wildman–Crippen MR) is 64.6 cm³/mol. The summed E-state index contributed by atoms with van der Waals surface area (Å²) in [6.45, 7) is 11.1. The Morgan fingerprint density at radius 3 is 2.40 bits per heavy atom. The van der Waals surface area contributed by atoms with E-state index in [-0.39, 0.29) is 0 Å². The van der Waals surface area contributed by atoms with E-state index in [1.165, 1.54) is 5.56 Å². The predicted octanol–water partition coefficient (Wildman–Crippen LogP) is 2.85. The molecule has 0 atom stereocenters. The van der Waals surface area contributed by atoms with Crippen LogP contribution in [0.5, 0.6) is 0 Å². The Hall–Kier alpha value is -0.890. The lowest BCUT2D eigenvalue weighted by Gasteiger charge is -2.29. The smallest absolute Gasteiger partial charge is 0.0271 e. The summed E-state index contributed by atoms with van der Waals surface area (Å²) < 4.78 is 0. The van der Waals surface area contributed by atoms with Crippen LogP contribution in [0.4, 0.5) is 0 Å². The molecule has 0 bridgehead atoms. The van der Waals surface area contributed by atoms with E-state index in [9.17, 15) is 0 Å². The van der Waals surface area contributed by atoms with E-state index in [0.717, 1.165) is 13.1 Å². The van der Waals surface area contributed by atoms with Crippen LogP contribution in [0.2, 0.25) is 0 Å². The minimum absolute atomic E-state index is 0.354. The van der Waals surface area contributed by atoms with Crippen molar-refractivity contribution < 1.29 is 0 Å². The molecule has 0 saturated heterocycles. The first-order chi connectivity index (χ1) is 7.02.